The first-order valence-electron chi connectivity index (χ1n) is 11.5. The van der Waals surface area contributed by atoms with E-state index in [1.807, 2.05) is 12.1 Å². The highest BCUT2D eigenvalue weighted by atomic mass is 32.2. The molecule has 0 unspecified atom stereocenters. The first kappa shape index (κ1) is 26.8. The third-order valence-corrected chi connectivity index (χ3v) is 8.18. The van der Waals surface area contributed by atoms with Crippen LogP contribution in [0.4, 0.5) is 16.2 Å². The molecule has 1 aromatic carbocycles. The first-order chi connectivity index (χ1) is 18.0. The zero-order valence-corrected chi connectivity index (χ0v) is 22.5. The summed E-state index contributed by atoms with van der Waals surface area (Å²) >= 11 is 1.13. The van der Waals surface area contributed by atoms with Crippen LogP contribution < -0.4 is 10.6 Å². The second-order valence-corrected chi connectivity index (χ2v) is 12.3. The molecular weight excluding hydrogens is 524 g/mol. The molecule has 196 valence electrons. The Kier molecular flexibility index (Phi) is 7.79. The van der Waals surface area contributed by atoms with Crippen molar-refractivity contribution in [3.05, 3.63) is 90.9 Å². The highest BCUT2D eigenvalue weighted by Gasteiger charge is 2.20. The van der Waals surface area contributed by atoms with Crippen LogP contribution in [-0.4, -0.2) is 35.0 Å². The lowest BCUT2D eigenvalue weighted by Crippen LogP contribution is -2.27. The number of pyridine rings is 1. The number of nitrogens with zero attached hydrogens (tertiary/aromatic N) is 2. The van der Waals surface area contributed by atoms with E-state index < -0.39 is 27.6 Å². The minimum absolute atomic E-state index is 0.177. The highest BCUT2D eigenvalue weighted by molar-refractivity contribution is 7.92. The number of carbonyl (C=O) groups excluding carboxylic acids is 2. The van der Waals surface area contributed by atoms with Crippen molar-refractivity contribution in [2.75, 3.05) is 10.6 Å². The molecule has 2 N–H and O–H groups in total. The summed E-state index contributed by atoms with van der Waals surface area (Å²) in [6.07, 6.45) is 6.64. The van der Waals surface area contributed by atoms with E-state index >= 15 is 0 Å². The van der Waals surface area contributed by atoms with Crippen LogP contribution in [-0.2, 0) is 19.6 Å². The fourth-order valence-corrected chi connectivity index (χ4v) is 5.90. The van der Waals surface area contributed by atoms with Gasteiger partial charge in [0.25, 0.3) is 10.0 Å². The number of hydrogen-bond acceptors (Lipinski definition) is 7. The molecule has 0 aliphatic heterocycles. The molecule has 38 heavy (non-hydrogen) atoms. The van der Waals surface area contributed by atoms with Crippen LogP contribution in [0.15, 0.2) is 89.5 Å². The number of hydrogen-bond donors (Lipinski definition) is 2. The van der Waals surface area contributed by atoms with Crippen LogP contribution in [0.1, 0.15) is 26.3 Å². The minimum atomic E-state index is -3.80. The Morgan fingerprint density at radius 3 is 2.37 bits per heavy atom. The van der Waals surface area contributed by atoms with Gasteiger partial charge >= 0.3 is 6.09 Å². The minimum Gasteiger partial charge on any atom is -0.444 e. The second-order valence-electron chi connectivity index (χ2n) is 9.11. The van der Waals surface area contributed by atoms with Gasteiger partial charge in [0.05, 0.1) is 21.9 Å². The predicted molar refractivity (Wildman–Crippen MR) is 149 cm³/mol. The number of rotatable bonds is 7. The number of carbonyl (C=O) groups is 2. The molecular formula is C27H26N4O5S2. The molecule has 0 atom stereocenters. The van der Waals surface area contributed by atoms with E-state index in [4.69, 9.17) is 4.74 Å². The molecule has 0 aliphatic carbocycles. The maximum absolute atomic E-state index is 13.1. The van der Waals surface area contributed by atoms with Gasteiger partial charge in [-0.05, 0) is 74.9 Å². The maximum atomic E-state index is 13.1. The SMILES string of the molecule is CC(C)(C)OC(=O)Nc1ccccc1NC(=O)/C=C/c1ccn(S(=O)(=O)c2ccc(-c3ccccn3)s2)c1. The van der Waals surface area contributed by atoms with Crippen molar-refractivity contribution in [3.63, 3.8) is 0 Å². The second kappa shape index (κ2) is 11.0. The fraction of sp³-hybridized carbons (Fsp3) is 0.148. The van der Waals surface area contributed by atoms with Crippen molar-refractivity contribution < 1.29 is 22.7 Å². The number of nitrogens with one attached hydrogen (secondary N) is 2. The third-order valence-electron chi connectivity index (χ3n) is 4.97. The Balaban J connectivity index is 1.43. The fourth-order valence-electron chi connectivity index (χ4n) is 3.31. The summed E-state index contributed by atoms with van der Waals surface area (Å²) in [5.74, 6) is -0.461. The topological polar surface area (TPSA) is 119 Å². The first-order valence-corrected chi connectivity index (χ1v) is 13.8. The molecule has 0 fully saturated rings. The number of thiophene rings is 1. The van der Waals surface area contributed by atoms with Crippen molar-refractivity contribution in [2.45, 2.75) is 30.6 Å². The van der Waals surface area contributed by atoms with Gasteiger partial charge < -0.3 is 10.1 Å². The predicted octanol–water partition coefficient (Wildman–Crippen LogP) is 5.85. The van der Waals surface area contributed by atoms with E-state index in [9.17, 15) is 18.0 Å². The van der Waals surface area contributed by atoms with Gasteiger partial charge in [-0.1, -0.05) is 18.2 Å². The molecule has 0 spiro atoms. The molecule has 9 nitrogen and oxygen atoms in total. The van der Waals surface area contributed by atoms with Gasteiger partial charge in [-0.2, -0.15) is 8.42 Å². The van der Waals surface area contributed by atoms with Crippen LogP contribution in [0.3, 0.4) is 0 Å². The summed E-state index contributed by atoms with van der Waals surface area (Å²) in [7, 11) is -3.80. The molecule has 2 amide bonds. The highest BCUT2D eigenvalue weighted by Crippen LogP contribution is 2.31. The van der Waals surface area contributed by atoms with Gasteiger partial charge in [0.15, 0.2) is 0 Å². The van der Waals surface area contributed by atoms with E-state index in [0.29, 0.717) is 22.6 Å². The Labute approximate surface area is 224 Å². The largest absolute Gasteiger partial charge is 0.444 e. The smallest absolute Gasteiger partial charge is 0.412 e. The van der Waals surface area contributed by atoms with Crippen molar-refractivity contribution in [3.8, 4) is 10.6 Å². The number of amides is 2. The van der Waals surface area contributed by atoms with Crippen LogP contribution >= 0.6 is 11.3 Å². The third kappa shape index (κ3) is 6.75. The van der Waals surface area contributed by atoms with Crippen LogP contribution in [0, 0.1) is 0 Å². The summed E-state index contributed by atoms with van der Waals surface area (Å²) in [6.45, 7) is 5.26. The molecule has 0 radical (unpaired) electrons. The Bertz CT molecular complexity index is 1580. The van der Waals surface area contributed by atoms with E-state index in [2.05, 4.69) is 15.6 Å². The molecule has 0 aliphatic rings. The number of benzene rings is 1. The van der Waals surface area contributed by atoms with Crippen molar-refractivity contribution in [2.24, 2.45) is 0 Å². The number of ether oxygens (including phenoxy) is 1. The van der Waals surface area contributed by atoms with Gasteiger partial charge in [0.2, 0.25) is 5.91 Å². The average molecular weight is 551 g/mol. The Morgan fingerprint density at radius 2 is 1.68 bits per heavy atom. The maximum Gasteiger partial charge on any atom is 0.412 e. The van der Waals surface area contributed by atoms with Crippen molar-refractivity contribution >= 4 is 50.8 Å². The average Bonchev–Trinajstić information content (AvgIpc) is 3.54. The van der Waals surface area contributed by atoms with Gasteiger partial charge in [-0.25, -0.2) is 8.77 Å². The standard InChI is InChI=1S/C27H26N4O5S2/c1-27(2,3)36-26(33)30-21-9-5-4-8-20(21)29-24(32)13-11-19-15-17-31(18-19)38(34,35)25-14-12-23(37-25)22-10-6-7-16-28-22/h4-18H,1-3H3,(H,29,32)(H,30,33)/b13-11+. The van der Waals surface area contributed by atoms with Crippen molar-refractivity contribution in [1.82, 2.24) is 8.96 Å². The molecule has 4 aromatic rings. The lowest BCUT2D eigenvalue weighted by molar-refractivity contribution is -0.111. The van der Waals surface area contributed by atoms with E-state index in [1.165, 1.54) is 24.5 Å². The molecule has 4 rings (SSSR count). The van der Waals surface area contributed by atoms with Crippen LogP contribution in [0.25, 0.3) is 16.6 Å². The van der Waals surface area contributed by atoms with E-state index in [1.54, 1.807) is 75.5 Å². The van der Waals surface area contributed by atoms with Gasteiger partial charge in [0.1, 0.15) is 9.81 Å². The quantitative estimate of drug-likeness (QED) is 0.279. The van der Waals surface area contributed by atoms with Gasteiger partial charge in [-0.15, -0.1) is 11.3 Å². The monoisotopic (exact) mass is 550 g/mol. The number of aromatic nitrogens is 2. The molecule has 11 heteroatoms. The zero-order valence-electron chi connectivity index (χ0n) is 20.9. The summed E-state index contributed by atoms with van der Waals surface area (Å²) in [5.41, 5.74) is 1.31. The van der Waals surface area contributed by atoms with E-state index in [0.717, 1.165) is 20.2 Å². The number of para-hydroxylation sites is 2. The Morgan fingerprint density at radius 1 is 0.974 bits per heavy atom. The molecule has 0 bridgehead atoms. The van der Waals surface area contributed by atoms with E-state index in [-0.39, 0.29) is 4.21 Å². The summed E-state index contributed by atoms with van der Waals surface area (Å²) < 4.78 is 32.7. The van der Waals surface area contributed by atoms with Gasteiger partial charge in [0, 0.05) is 24.7 Å². The lowest BCUT2D eigenvalue weighted by Gasteiger charge is -2.20. The number of anilines is 2. The summed E-state index contributed by atoms with van der Waals surface area (Å²) in [5, 5.41) is 5.33. The molecule has 0 saturated heterocycles. The molecule has 0 saturated carbocycles. The van der Waals surface area contributed by atoms with Crippen LogP contribution in [0.5, 0.6) is 0 Å². The normalized spacial score (nSPS) is 11.9. The zero-order chi connectivity index (χ0) is 27.3. The Hall–Kier alpha value is -4.22. The molecule has 3 aromatic heterocycles. The summed E-state index contributed by atoms with van der Waals surface area (Å²) in [4.78, 5) is 29.7. The van der Waals surface area contributed by atoms with Crippen molar-refractivity contribution in [1.29, 1.82) is 0 Å². The van der Waals surface area contributed by atoms with Gasteiger partial charge in [-0.3, -0.25) is 15.1 Å². The molecule has 3 heterocycles. The summed E-state index contributed by atoms with van der Waals surface area (Å²) in [6, 6.07) is 17.0. The van der Waals surface area contributed by atoms with Crippen LogP contribution in [0.2, 0.25) is 0 Å². The lowest BCUT2D eigenvalue weighted by atomic mass is 10.2.